The van der Waals surface area contributed by atoms with Gasteiger partial charge in [0.25, 0.3) is 5.56 Å². The summed E-state index contributed by atoms with van der Waals surface area (Å²) in [5.74, 6) is 0.324. The van der Waals surface area contributed by atoms with E-state index in [-0.39, 0.29) is 12.2 Å². The third kappa shape index (κ3) is 1.86. The van der Waals surface area contributed by atoms with Crippen molar-refractivity contribution in [1.82, 2.24) is 14.6 Å². The second-order valence-corrected chi connectivity index (χ2v) is 4.14. The lowest BCUT2D eigenvalue weighted by atomic mass is 10.1. The van der Waals surface area contributed by atoms with Gasteiger partial charge in [-0.2, -0.15) is 5.10 Å². The van der Waals surface area contributed by atoms with Crippen LogP contribution in [0.5, 0.6) is 0 Å². The molecule has 0 aromatic carbocycles. The SMILES string of the molecule is CC(C)c1cc2[nH]c(=O)c(CCO)cn2n1. The molecule has 16 heavy (non-hydrogen) atoms. The first kappa shape index (κ1) is 10.9. The Morgan fingerprint density at radius 3 is 2.94 bits per heavy atom. The number of aliphatic hydroxyl groups is 1. The number of aromatic nitrogens is 3. The number of aromatic amines is 1. The van der Waals surface area contributed by atoms with Gasteiger partial charge in [-0.1, -0.05) is 13.8 Å². The Balaban J connectivity index is 2.56. The van der Waals surface area contributed by atoms with E-state index in [4.69, 9.17) is 5.11 Å². The number of hydrogen-bond acceptors (Lipinski definition) is 3. The lowest BCUT2D eigenvalue weighted by molar-refractivity contribution is 0.299. The molecule has 0 saturated carbocycles. The maximum atomic E-state index is 11.6. The third-order valence-electron chi connectivity index (χ3n) is 2.54. The molecule has 86 valence electrons. The number of hydrogen-bond donors (Lipinski definition) is 2. The van der Waals surface area contributed by atoms with Crippen LogP contribution in [0.25, 0.3) is 5.65 Å². The van der Waals surface area contributed by atoms with Crippen molar-refractivity contribution in [1.29, 1.82) is 0 Å². The van der Waals surface area contributed by atoms with Crippen molar-refractivity contribution in [3.8, 4) is 0 Å². The first-order chi connectivity index (χ1) is 7.61. The molecule has 0 saturated heterocycles. The van der Waals surface area contributed by atoms with E-state index in [0.717, 1.165) is 5.69 Å². The van der Waals surface area contributed by atoms with Crippen molar-refractivity contribution in [3.05, 3.63) is 33.9 Å². The summed E-state index contributed by atoms with van der Waals surface area (Å²) in [5, 5.41) is 13.2. The van der Waals surface area contributed by atoms with Crippen LogP contribution in [0.3, 0.4) is 0 Å². The molecule has 0 spiro atoms. The van der Waals surface area contributed by atoms with E-state index in [1.54, 1.807) is 10.7 Å². The van der Waals surface area contributed by atoms with Crippen molar-refractivity contribution in [2.75, 3.05) is 6.61 Å². The standard InChI is InChI=1S/C11H15N3O2/c1-7(2)9-5-10-12-11(16)8(3-4-15)6-14(10)13-9/h5-7,15H,3-4H2,1-2H3,(H,12,16). The van der Waals surface area contributed by atoms with E-state index in [1.165, 1.54) is 0 Å². The van der Waals surface area contributed by atoms with Crippen LogP contribution < -0.4 is 5.56 Å². The minimum absolute atomic E-state index is 0.0348. The summed E-state index contributed by atoms with van der Waals surface area (Å²) in [4.78, 5) is 14.3. The van der Waals surface area contributed by atoms with Gasteiger partial charge in [0.05, 0.1) is 5.69 Å². The van der Waals surface area contributed by atoms with E-state index in [2.05, 4.69) is 23.9 Å². The average Bonchev–Trinajstić information content (AvgIpc) is 2.61. The minimum Gasteiger partial charge on any atom is -0.396 e. The molecule has 0 bridgehead atoms. The van der Waals surface area contributed by atoms with E-state index in [1.807, 2.05) is 6.07 Å². The van der Waals surface area contributed by atoms with Crippen LogP contribution in [0.1, 0.15) is 31.0 Å². The Labute approximate surface area is 92.7 Å². The summed E-state index contributed by atoms with van der Waals surface area (Å²) in [7, 11) is 0. The lowest BCUT2D eigenvalue weighted by Gasteiger charge is -1.98. The monoisotopic (exact) mass is 221 g/mol. The van der Waals surface area contributed by atoms with E-state index >= 15 is 0 Å². The molecule has 5 heteroatoms. The zero-order valence-corrected chi connectivity index (χ0v) is 9.40. The van der Waals surface area contributed by atoms with Crippen LogP contribution in [0.2, 0.25) is 0 Å². The van der Waals surface area contributed by atoms with E-state index < -0.39 is 0 Å². The normalized spacial score (nSPS) is 11.5. The highest BCUT2D eigenvalue weighted by Gasteiger charge is 2.08. The molecule has 0 amide bonds. The molecule has 2 aromatic heterocycles. The van der Waals surface area contributed by atoms with Crippen LogP contribution in [0, 0.1) is 0 Å². The van der Waals surface area contributed by atoms with Crippen molar-refractivity contribution in [3.63, 3.8) is 0 Å². The number of H-pyrrole nitrogens is 1. The van der Waals surface area contributed by atoms with Crippen molar-refractivity contribution < 1.29 is 5.11 Å². The predicted octanol–water partition coefficient (Wildman–Crippen LogP) is 0.681. The summed E-state index contributed by atoms with van der Waals surface area (Å²) >= 11 is 0. The maximum Gasteiger partial charge on any atom is 0.254 e. The first-order valence-corrected chi connectivity index (χ1v) is 5.34. The Kier molecular flexibility index (Phi) is 2.78. The smallest absolute Gasteiger partial charge is 0.254 e. The zero-order chi connectivity index (χ0) is 11.7. The molecule has 2 aromatic rings. The van der Waals surface area contributed by atoms with Gasteiger partial charge in [-0.25, -0.2) is 4.52 Å². The number of nitrogens with zero attached hydrogens (tertiary/aromatic N) is 2. The van der Waals surface area contributed by atoms with E-state index in [9.17, 15) is 4.79 Å². The van der Waals surface area contributed by atoms with Crippen molar-refractivity contribution in [2.24, 2.45) is 0 Å². The molecule has 0 radical (unpaired) electrons. The number of nitrogens with one attached hydrogen (secondary N) is 1. The third-order valence-corrected chi connectivity index (χ3v) is 2.54. The van der Waals surface area contributed by atoms with Gasteiger partial charge in [-0.15, -0.1) is 0 Å². The van der Waals surface area contributed by atoms with Gasteiger partial charge in [0, 0.05) is 30.9 Å². The summed E-state index contributed by atoms with van der Waals surface area (Å²) in [6, 6.07) is 1.87. The highest BCUT2D eigenvalue weighted by Crippen LogP contribution is 2.13. The fraction of sp³-hybridized carbons (Fsp3) is 0.455. The summed E-state index contributed by atoms with van der Waals surface area (Å²) < 4.78 is 1.65. The summed E-state index contributed by atoms with van der Waals surface area (Å²) in [5.41, 5.74) is 2.03. The number of aliphatic hydroxyl groups excluding tert-OH is 1. The van der Waals surface area contributed by atoms with Gasteiger partial charge in [0.1, 0.15) is 5.65 Å². The van der Waals surface area contributed by atoms with Gasteiger partial charge < -0.3 is 10.1 Å². The average molecular weight is 221 g/mol. The Morgan fingerprint density at radius 2 is 2.31 bits per heavy atom. The van der Waals surface area contributed by atoms with Gasteiger partial charge in [0.2, 0.25) is 0 Å². The first-order valence-electron chi connectivity index (χ1n) is 5.34. The second kappa shape index (κ2) is 4.09. The van der Waals surface area contributed by atoms with Gasteiger partial charge in [-0.05, 0) is 5.92 Å². The predicted molar refractivity (Wildman–Crippen MR) is 60.7 cm³/mol. The molecule has 0 aliphatic carbocycles. The zero-order valence-electron chi connectivity index (χ0n) is 9.40. The highest BCUT2D eigenvalue weighted by atomic mass is 16.3. The van der Waals surface area contributed by atoms with Gasteiger partial charge in [-0.3, -0.25) is 4.79 Å². The molecular formula is C11H15N3O2. The molecule has 0 unspecified atom stereocenters. The summed E-state index contributed by atoms with van der Waals surface area (Å²) in [6.45, 7) is 4.07. The molecule has 2 heterocycles. The van der Waals surface area contributed by atoms with Gasteiger partial charge in [0.15, 0.2) is 0 Å². The van der Waals surface area contributed by atoms with Crippen LogP contribution in [-0.4, -0.2) is 26.3 Å². The Bertz CT molecular complexity index is 554. The second-order valence-electron chi connectivity index (χ2n) is 4.14. The molecule has 0 aliphatic heterocycles. The molecule has 2 N–H and O–H groups in total. The largest absolute Gasteiger partial charge is 0.396 e. The molecule has 0 atom stereocenters. The molecule has 0 aliphatic rings. The molecule has 0 fully saturated rings. The highest BCUT2D eigenvalue weighted by molar-refractivity contribution is 5.40. The fourth-order valence-electron chi connectivity index (χ4n) is 1.59. The lowest BCUT2D eigenvalue weighted by Crippen LogP contribution is -2.15. The molecule has 5 nitrogen and oxygen atoms in total. The van der Waals surface area contributed by atoms with Crippen molar-refractivity contribution in [2.45, 2.75) is 26.2 Å². The van der Waals surface area contributed by atoms with Crippen LogP contribution in [0.15, 0.2) is 17.1 Å². The minimum atomic E-state index is -0.156. The van der Waals surface area contributed by atoms with Crippen LogP contribution in [0.4, 0.5) is 0 Å². The van der Waals surface area contributed by atoms with Crippen LogP contribution >= 0.6 is 0 Å². The van der Waals surface area contributed by atoms with Crippen molar-refractivity contribution >= 4 is 5.65 Å². The Morgan fingerprint density at radius 1 is 1.56 bits per heavy atom. The quantitative estimate of drug-likeness (QED) is 0.800. The topological polar surface area (TPSA) is 70.4 Å². The van der Waals surface area contributed by atoms with Crippen LogP contribution in [-0.2, 0) is 6.42 Å². The fourth-order valence-corrected chi connectivity index (χ4v) is 1.59. The van der Waals surface area contributed by atoms with E-state index in [0.29, 0.717) is 23.5 Å². The Hall–Kier alpha value is -1.62. The number of fused-ring (bicyclic) bond motifs is 1. The number of rotatable bonds is 3. The molecular weight excluding hydrogens is 206 g/mol. The maximum absolute atomic E-state index is 11.6. The van der Waals surface area contributed by atoms with Gasteiger partial charge >= 0.3 is 0 Å². The summed E-state index contributed by atoms with van der Waals surface area (Å²) in [6.07, 6.45) is 2.03. The molecule has 2 rings (SSSR count).